The van der Waals surface area contributed by atoms with Gasteiger partial charge in [-0.05, 0) is 19.3 Å². The lowest BCUT2D eigenvalue weighted by Gasteiger charge is -2.25. The van der Waals surface area contributed by atoms with E-state index in [-0.39, 0.29) is 0 Å². The number of sulfonamides is 1. The molecule has 0 radical (unpaired) electrons. The molecular formula is C23H46N2O2S. The molecule has 0 aromatic heterocycles. The van der Waals surface area contributed by atoms with Crippen molar-refractivity contribution in [1.82, 2.24) is 4.31 Å². The van der Waals surface area contributed by atoms with Crippen molar-refractivity contribution in [2.24, 2.45) is 0 Å². The second-order valence-corrected chi connectivity index (χ2v) is 10.2. The molecule has 0 spiro atoms. The molecule has 0 amide bonds. The van der Waals surface area contributed by atoms with E-state index >= 15 is 0 Å². The van der Waals surface area contributed by atoms with E-state index in [4.69, 9.17) is 0 Å². The van der Waals surface area contributed by atoms with Crippen LogP contribution in [0.1, 0.15) is 124 Å². The summed E-state index contributed by atoms with van der Waals surface area (Å²) in [7, 11) is -3.52. The molecule has 0 rings (SSSR count). The predicted molar refractivity (Wildman–Crippen MR) is 121 cm³/mol. The van der Waals surface area contributed by atoms with E-state index in [9.17, 15) is 13.7 Å². The minimum Gasteiger partial charge on any atom is -0.211 e. The summed E-state index contributed by atoms with van der Waals surface area (Å²) < 4.78 is 27.9. The van der Waals surface area contributed by atoms with Crippen LogP contribution in [0.25, 0.3) is 0 Å². The summed E-state index contributed by atoms with van der Waals surface area (Å²) in [5, 5.41) is 8.67. The molecule has 0 N–H and O–H groups in total. The molecular weight excluding hydrogens is 368 g/mol. The van der Waals surface area contributed by atoms with Crippen molar-refractivity contribution in [1.29, 1.82) is 5.26 Å². The van der Waals surface area contributed by atoms with E-state index in [1.54, 1.807) is 4.31 Å². The first-order valence-corrected chi connectivity index (χ1v) is 13.4. The van der Waals surface area contributed by atoms with Gasteiger partial charge in [0.25, 0.3) is 0 Å². The molecule has 0 saturated carbocycles. The molecule has 4 nitrogen and oxygen atoms in total. The molecule has 0 aliphatic carbocycles. The highest BCUT2D eigenvalue weighted by Gasteiger charge is 2.31. The van der Waals surface area contributed by atoms with Gasteiger partial charge in [0, 0.05) is 13.1 Å². The highest BCUT2D eigenvalue weighted by Crippen LogP contribution is 2.19. The Labute approximate surface area is 176 Å². The summed E-state index contributed by atoms with van der Waals surface area (Å²) in [6.07, 6.45) is 16.9. The Morgan fingerprint density at radius 2 is 1.07 bits per heavy atom. The fourth-order valence-corrected chi connectivity index (χ4v) is 5.27. The molecule has 0 aromatic carbocycles. The molecule has 28 heavy (non-hydrogen) atoms. The lowest BCUT2D eigenvalue weighted by atomic mass is 10.1. The van der Waals surface area contributed by atoms with Crippen molar-refractivity contribution in [3.05, 3.63) is 0 Å². The van der Waals surface area contributed by atoms with Crippen molar-refractivity contribution < 1.29 is 8.42 Å². The van der Waals surface area contributed by atoms with Crippen molar-refractivity contribution in [3.8, 4) is 6.07 Å². The van der Waals surface area contributed by atoms with Crippen LogP contribution in [-0.4, -0.2) is 31.1 Å². The second-order valence-electron chi connectivity index (χ2n) is 8.09. The Bertz CT molecular complexity index is 471. The van der Waals surface area contributed by atoms with Crippen LogP contribution in [0.15, 0.2) is 0 Å². The summed E-state index contributed by atoms with van der Waals surface area (Å²) in [5.41, 5.74) is 0. The smallest absolute Gasteiger partial charge is 0.211 e. The van der Waals surface area contributed by atoms with E-state index in [2.05, 4.69) is 26.8 Å². The first-order valence-electron chi connectivity index (χ1n) is 11.9. The van der Waals surface area contributed by atoms with Crippen LogP contribution >= 0.6 is 0 Å². The van der Waals surface area contributed by atoms with E-state index in [1.807, 2.05) is 0 Å². The molecule has 0 aliphatic heterocycles. The monoisotopic (exact) mass is 414 g/mol. The number of unbranched alkanes of at least 4 members (excludes halogenated alkanes) is 12. The summed E-state index contributed by atoms with van der Waals surface area (Å²) in [5.74, 6) is 0. The molecule has 0 aromatic rings. The van der Waals surface area contributed by atoms with Gasteiger partial charge in [0.05, 0.1) is 6.07 Å². The van der Waals surface area contributed by atoms with Crippen LogP contribution in [0.4, 0.5) is 0 Å². The van der Waals surface area contributed by atoms with Crippen molar-refractivity contribution in [2.75, 3.05) is 13.1 Å². The summed E-state index contributed by atoms with van der Waals surface area (Å²) in [4.78, 5) is 0. The van der Waals surface area contributed by atoms with Crippen LogP contribution in [0, 0.1) is 11.3 Å². The third-order valence-electron chi connectivity index (χ3n) is 5.46. The van der Waals surface area contributed by atoms with Gasteiger partial charge in [-0.15, -0.1) is 0 Å². The molecule has 1 atom stereocenters. The van der Waals surface area contributed by atoms with Gasteiger partial charge in [0.15, 0.2) is 5.25 Å². The third kappa shape index (κ3) is 12.8. The SMILES string of the molecule is CCCCCCCC(C#N)S(=O)(=O)N(CCCCCCC)CCCCCCC. The number of nitriles is 1. The van der Waals surface area contributed by atoms with Crippen LogP contribution < -0.4 is 0 Å². The first-order chi connectivity index (χ1) is 13.5. The Morgan fingerprint density at radius 3 is 1.46 bits per heavy atom. The fraction of sp³-hybridized carbons (Fsp3) is 0.957. The summed E-state index contributed by atoms with van der Waals surface area (Å²) in [6, 6.07) is 2.11. The zero-order chi connectivity index (χ0) is 21.1. The quantitative estimate of drug-likeness (QED) is 0.205. The molecule has 0 heterocycles. The average molecular weight is 415 g/mol. The van der Waals surface area contributed by atoms with Crippen LogP contribution in [-0.2, 0) is 10.0 Å². The zero-order valence-electron chi connectivity index (χ0n) is 18.9. The minimum absolute atomic E-state index is 0.477. The zero-order valence-corrected chi connectivity index (χ0v) is 19.7. The highest BCUT2D eigenvalue weighted by atomic mass is 32.2. The van der Waals surface area contributed by atoms with Gasteiger partial charge >= 0.3 is 0 Å². The van der Waals surface area contributed by atoms with Gasteiger partial charge in [-0.25, -0.2) is 12.7 Å². The summed E-state index contributed by atoms with van der Waals surface area (Å²) in [6.45, 7) is 7.69. The van der Waals surface area contributed by atoms with E-state index in [0.717, 1.165) is 44.9 Å². The first kappa shape index (κ1) is 27.4. The number of rotatable bonds is 20. The molecule has 1 unspecified atom stereocenters. The maximum Gasteiger partial charge on any atom is 0.230 e. The van der Waals surface area contributed by atoms with Crippen molar-refractivity contribution >= 4 is 10.0 Å². The van der Waals surface area contributed by atoms with E-state index in [1.165, 1.54) is 51.4 Å². The van der Waals surface area contributed by atoms with E-state index in [0.29, 0.717) is 19.5 Å². The molecule has 166 valence electrons. The molecule has 0 saturated heterocycles. The lowest BCUT2D eigenvalue weighted by Crippen LogP contribution is -2.39. The van der Waals surface area contributed by atoms with Gasteiger partial charge in [0.1, 0.15) is 0 Å². The van der Waals surface area contributed by atoms with Crippen LogP contribution in [0.3, 0.4) is 0 Å². The maximum absolute atomic E-state index is 13.1. The average Bonchev–Trinajstić information content (AvgIpc) is 2.68. The predicted octanol–water partition coefficient (Wildman–Crippen LogP) is 6.81. The lowest BCUT2D eigenvalue weighted by molar-refractivity contribution is 0.380. The van der Waals surface area contributed by atoms with Gasteiger partial charge in [0.2, 0.25) is 10.0 Å². The Hall–Kier alpha value is -0.600. The van der Waals surface area contributed by atoms with Gasteiger partial charge in [-0.2, -0.15) is 5.26 Å². The molecule has 5 heteroatoms. The van der Waals surface area contributed by atoms with Gasteiger partial charge in [-0.1, -0.05) is 104 Å². The highest BCUT2D eigenvalue weighted by molar-refractivity contribution is 7.90. The number of hydrogen-bond acceptors (Lipinski definition) is 3. The molecule has 0 fully saturated rings. The topological polar surface area (TPSA) is 61.2 Å². The standard InChI is InChI=1S/C23H46N2O2S/c1-4-7-10-13-16-19-23(22-24)28(26,27)25(20-17-14-11-8-5-2)21-18-15-12-9-6-3/h23H,4-21H2,1-3H3. The van der Waals surface area contributed by atoms with Gasteiger partial charge < -0.3 is 0 Å². The van der Waals surface area contributed by atoms with Crippen molar-refractivity contribution in [2.45, 2.75) is 129 Å². The Kier molecular flexibility index (Phi) is 18.0. The molecule has 0 bridgehead atoms. The molecule has 0 aliphatic rings. The Morgan fingerprint density at radius 1 is 0.679 bits per heavy atom. The van der Waals surface area contributed by atoms with Crippen molar-refractivity contribution in [3.63, 3.8) is 0 Å². The van der Waals surface area contributed by atoms with Crippen LogP contribution in [0.2, 0.25) is 0 Å². The van der Waals surface area contributed by atoms with E-state index < -0.39 is 15.3 Å². The largest absolute Gasteiger partial charge is 0.230 e. The Balaban J connectivity index is 4.73. The summed E-state index contributed by atoms with van der Waals surface area (Å²) >= 11 is 0. The van der Waals surface area contributed by atoms with Gasteiger partial charge in [-0.3, -0.25) is 0 Å². The number of hydrogen-bond donors (Lipinski definition) is 0. The van der Waals surface area contributed by atoms with Crippen LogP contribution in [0.5, 0.6) is 0 Å². The normalized spacial score (nSPS) is 13.0. The second kappa shape index (κ2) is 18.4. The fourth-order valence-electron chi connectivity index (χ4n) is 3.54. The minimum atomic E-state index is -3.52. The number of nitrogens with zero attached hydrogens (tertiary/aromatic N) is 2. The third-order valence-corrected chi connectivity index (χ3v) is 7.60. The maximum atomic E-state index is 13.1.